The molecule has 2 aromatic rings. The van der Waals surface area contributed by atoms with Crippen molar-refractivity contribution in [2.75, 3.05) is 5.32 Å². The number of hydrogen-bond donors (Lipinski definition) is 2. The largest absolute Gasteiger partial charge is 0.478 e. The Kier molecular flexibility index (Phi) is 4.59. The van der Waals surface area contributed by atoms with Crippen LogP contribution in [-0.2, 0) is 0 Å². The molecular weight excluding hydrogens is 367 g/mol. The van der Waals surface area contributed by atoms with Crippen molar-refractivity contribution in [3.05, 3.63) is 51.2 Å². The van der Waals surface area contributed by atoms with Gasteiger partial charge in [0.25, 0.3) is 0 Å². The topological polar surface area (TPSA) is 62.2 Å². The highest BCUT2D eigenvalue weighted by Gasteiger charge is 2.11. The Morgan fingerprint density at radius 2 is 2.00 bits per heavy atom. The van der Waals surface area contributed by atoms with Crippen molar-refractivity contribution in [2.24, 2.45) is 0 Å². The summed E-state index contributed by atoms with van der Waals surface area (Å²) in [5.74, 6) is -0.220. The summed E-state index contributed by atoms with van der Waals surface area (Å²) in [6.45, 7) is 3.98. The van der Waals surface area contributed by atoms with Crippen molar-refractivity contribution < 1.29 is 9.90 Å². The molecule has 2 N–H and O–H groups in total. The second kappa shape index (κ2) is 6.21. The van der Waals surface area contributed by atoms with Crippen LogP contribution < -0.4 is 5.32 Å². The van der Waals surface area contributed by atoms with Gasteiger partial charge in [-0.1, -0.05) is 26.0 Å². The van der Waals surface area contributed by atoms with Crippen LogP contribution in [0.4, 0.5) is 11.5 Å². The van der Waals surface area contributed by atoms with Crippen molar-refractivity contribution in [3.63, 3.8) is 0 Å². The molecule has 0 fully saturated rings. The van der Waals surface area contributed by atoms with Crippen LogP contribution in [0.2, 0.25) is 0 Å². The molecule has 0 aliphatic heterocycles. The molecule has 0 saturated carbocycles. The molecule has 20 heavy (non-hydrogen) atoms. The minimum atomic E-state index is -0.944. The van der Waals surface area contributed by atoms with E-state index in [2.05, 4.69) is 32.9 Å². The van der Waals surface area contributed by atoms with Gasteiger partial charge >= 0.3 is 5.97 Å². The molecule has 1 heterocycles. The van der Waals surface area contributed by atoms with E-state index in [1.54, 1.807) is 12.1 Å². The van der Waals surface area contributed by atoms with E-state index in [-0.39, 0.29) is 11.5 Å². The Balaban J connectivity index is 2.41. The number of pyridine rings is 1. The number of anilines is 2. The van der Waals surface area contributed by atoms with E-state index >= 15 is 0 Å². The summed E-state index contributed by atoms with van der Waals surface area (Å²) in [7, 11) is 0. The second-order valence-electron chi connectivity index (χ2n) is 4.73. The van der Waals surface area contributed by atoms with Crippen molar-refractivity contribution in [1.82, 2.24) is 4.98 Å². The highest BCUT2D eigenvalue weighted by Crippen LogP contribution is 2.24. The molecule has 0 radical (unpaired) electrons. The zero-order valence-corrected chi connectivity index (χ0v) is 13.4. The third-order valence-corrected chi connectivity index (χ3v) is 3.76. The number of rotatable bonds is 4. The van der Waals surface area contributed by atoms with Gasteiger partial charge in [0.05, 0.1) is 11.3 Å². The van der Waals surface area contributed by atoms with E-state index < -0.39 is 5.97 Å². The van der Waals surface area contributed by atoms with Gasteiger partial charge in [0.15, 0.2) is 0 Å². The second-order valence-corrected chi connectivity index (χ2v) is 5.89. The lowest BCUT2D eigenvalue weighted by Crippen LogP contribution is -2.05. The van der Waals surface area contributed by atoms with Gasteiger partial charge < -0.3 is 10.4 Å². The van der Waals surface area contributed by atoms with E-state index in [0.29, 0.717) is 5.82 Å². The standard InChI is InChI=1S/C15H15IN2O2/c1-9(2)13-7-10(15(19)20)8-14(18-13)17-12-6-4-3-5-11(12)16/h3-9H,1-2H3,(H,17,18)(H,19,20). The first-order valence-electron chi connectivity index (χ1n) is 6.24. The molecule has 5 heteroatoms. The summed E-state index contributed by atoms with van der Waals surface area (Å²) in [6.07, 6.45) is 0. The maximum Gasteiger partial charge on any atom is 0.335 e. The quantitative estimate of drug-likeness (QED) is 0.777. The number of aromatic carboxylic acids is 1. The molecule has 4 nitrogen and oxygen atoms in total. The molecule has 2 rings (SSSR count). The van der Waals surface area contributed by atoms with Crippen LogP contribution in [0.1, 0.15) is 35.8 Å². The molecule has 1 aromatic heterocycles. The Morgan fingerprint density at radius 1 is 1.30 bits per heavy atom. The Labute approximate surface area is 131 Å². The lowest BCUT2D eigenvalue weighted by Gasteiger charge is -2.12. The molecule has 1 aromatic carbocycles. The van der Waals surface area contributed by atoms with Crippen molar-refractivity contribution in [3.8, 4) is 0 Å². The van der Waals surface area contributed by atoms with Crippen molar-refractivity contribution in [1.29, 1.82) is 0 Å². The van der Waals surface area contributed by atoms with Gasteiger partial charge in [0.1, 0.15) is 5.82 Å². The molecule has 0 bridgehead atoms. The number of para-hydroxylation sites is 1. The zero-order chi connectivity index (χ0) is 14.7. The van der Waals surface area contributed by atoms with Crippen LogP contribution in [0.15, 0.2) is 36.4 Å². The van der Waals surface area contributed by atoms with Gasteiger partial charge in [-0.25, -0.2) is 9.78 Å². The predicted molar refractivity (Wildman–Crippen MR) is 87.7 cm³/mol. The maximum atomic E-state index is 11.2. The summed E-state index contributed by atoms with van der Waals surface area (Å²) in [4.78, 5) is 15.7. The number of aromatic nitrogens is 1. The summed E-state index contributed by atoms with van der Waals surface area (Å²) in [6, 6.07) is 11.0. The molecule has 0 spiro atoms. The average molecular weight is 382 g/mol. The number of benzene rings is 1. The van der Waals surface area contributed by atoms with Crippen LogP contribution in [0.25, 0.3) is 0 Å². The fraction of sp³-hybridized carbons (Fsp3) is 0.200. The van der Waals surface area contributed by atoms with Gasteiger partial charge in [-0.2, -0.15) is 0 Å². The van der Waals surface area contributed by atoms with E-state index in [1.165, 1.54) is 0 Å². The first-order chi connectivity index (χ1) is 9.47. The first kappa shape index (κ1) is 14.8. The number of nitrogens with one attached hydrogen (secondary N) is 1. The molecular formula is C15H15IN2O2. The van der Waals surface area contributed by atoms with E-state index in [9.17, 15) is 9.90 Å². The van der Waals surface area contributed by atoms with Gasteiger partial charge in [-0.15, -0.1) is 0 Å². The predicted octanol–water partition coefficient (Wildman–Crippen LogP) is 4.25. The van der Waals surface area contributed by atoms with Crippen LogP contribution in [0, 0.1) is 3.57 Å². The number of hydrogen-bond acceptors (Lipinski definition) is 3. The van der Waals surface area contributed by atoms with Crippen LogP contribution in [-0.4, -0.2) is 16.1 Å². The van der Waals surface area contributed by atoms with Gasteiger partial charge in [-0.3, -0.25) is 0 Å². The van der Waals surface area contributed by atoms with E-state index in [1.807, 2.05) is 38.1 Å². The fourth-order valence-corrected chi connectivity index (χ4v) is 2.26. The number of nitrogens with zero attached hydrogens (tertiary/aromatic N) is 1. The minimum Gasteiger partial charge on any atom is -0.478 e. The van der Waals surface area contributed by atoms with Gasteiger partial charge in [0, 0.05) is 9.26 Å². The van der Waals surface area contributed by atoms with E-state index in [0.717, 1.165) is 15.0 Å². The van der Waals surface area contributed by atoms with Crippen molar-refractivity contribution >= 4 is 40.1 Å². The highest BCUT2D eigenvalue weighted by atomic mass is 127. The van der Waals surface area contributed by atoms with Crippen molar-refractivity contribution in [2.45, 2.75) is 19.8 Å². The molecule has 0 unspecified atom stereocenters. The summed E-state index contributed by atoms with van der Waals surface area (Å²) < 4.78 is 1.05. The molecule has 104 valence electrons. The minimum absolute atomic E-state index is 0.171. The Morgan fingerprint density at radius 3 is 2.60 bits per heavy atom. The molecule has 0 atom stereocenters. The Bertz CT molecular complexity index is 642. The number of carboxylic acids is 1. The monoisotopic (exact) mass is 382 g/mol. The lowest BCUT2D eigenvalue weighted by molar-refractivity contribution is 0.0696. The number of carboxylic acid groups (broad SMARTS) is 1. The molecule has 0 amide bonds. The Hall–Kier alpha value is -1.63. The summed E-state index contributed by atoms with van der Waals surface area (Å²) in [5.41, 5.74) is 1.92. The fourth-order valence-electron chi connectivity index (χ4n) is 1.74. The van der Waals surface area contributed by atoms with Gasteiger partial charge in [-0.05, 0) is 52.8 Å². The molecule has 0 saturated heterocycles. The number of halogens is 1. The van der Waals surface area contributed by atoms with Crippen LogP contribution >= 0.6 is 22.6 Å². The average Bonchev–Trinajstić information content (AvgIpc) is 2.41. The molecule has 0 aliphatic carbocycles. The third-order valence-electron chi connectivity index (χ3n) is 2.82. The lowest BCUT2D eigenvalue weighted by atomic mass is 10.1. The summed E-state index contributed by atoms with van der Waals surface area (Å²) >= 11 is 2.22. The summed E-state index contributed by atoms with van der Waals surface area (Å²) in [5, 5.41) is 12.4. The smallest absolute Gasteiger partial charge is 0.335 e. The zero-order valence-electron chi connectivity index (χ0n) is 11.2. The van der Waals surface area contributed by atoms with E-state index in [4.69, 9.17) is 0 Å². The van der Waals surface area contributed by atoms with Crippen LogP contribution in [0.3, 0.4) is 0 Å². The first-order valence-corrected chi connectivity index (χ1v) is 7.32. The highest BCUT2D eigenvalue weighted by molar-refractivity contribution is 14.1. The maximum absolute atomic E-state index is 11.2. The van der Waals surface area contributed by atoms with Crippen LogP contribution in [0.5, 0.6) is 0 Å². The van der Waals surface area contributed by atoms with Gasteiger partial charge in [0.2, 0.25) is 0 Å². The third kappa shape index (κ3) is 3.47. The normalized spacial score (nSPS) is 10.6. The number of carbonyl (C=O) groups is 1. The SMILES string of the molecule is CC(C)c1cc(C(=O)O)cc(Nc2ccccc2I)n1. The molecule has 0 aliphatic rings.